The van der Waals surface area contributed by atoms with Gasteiger partial charge in [0.05, 0.1) is 18.9 Å². The van der Waals surface area contributed by atoms with E-state index in [2.05, 4.69) is 10.1 Å². The van der Waals surface area contributed by atoms with Gasteiger partial charge in [-0.1, -0.05) is 0 Å². The second-order valence-corrected chi connectivity index (χ2v) is 7.14. The molecule has 4 rings (SSSR count). The van der Waals surface area contributed by atoms with Crippen LogP contribution < -0.4 is 5.73 Å². The third kappa shape index (κ3) is 3.52. The number of aromatic nitrogens is 3. The largest absolute Gasteiger partial charge is 0.508 e. The second-order valence-electron chi connectivity index (χ2n) is 7.14. The number of aliphatic hydroxyl groups excluding tert-OH is 2. The Kier molecular flexibility index (Phi) is 5.44. The average Bonchev–Trinajstić information content (AvgIpc) is 3.29. The number of carbonyl (C=O) groups excluding carboxylic acids is 1. The fraction of sp³-hybridized carbons (Fsp3) is 0.556. The molecule has 0 aromatic carbocycles. The lowest BCUT2D eigenvalue weighted by atomic mass is 9.96. The molecule has 4 N–H and O–H groups in total. The summed E-state index contributed by atoms with van der Waals surface area (Å²) >= 11 is 0. The fourth-order valence-electron chi connectivity index (χ4n) is 3.61. The van der Waals surface area contributed by atoms with Crippen molar-refractivity contribution in [2.75, 3.05) is 25.6 Å². The third-order valence-electron chi connectivity index (χ3n) is 5.28. The van der Waals surface area contributed by atoms with Crippen molar-refractivity contribution in [1.82, 2.24) is 14.6 Å². The van der Waals surface area contributed by atoms with E-state index in [0.717, 1.165) is 0 Å². The highest BCUT2D eigenvalue weighted by atomic mass is 16.7. The van der Waals surface area contributed by atoms with Gasteiger partial charge in [0.25, 0.3) is 0 Å². The summed E-state index contributed by atoms with van der Waals surface area (Å²) in [7, 11) is 0. The van der Waals surface area contributed by atoms with Gasteiger partial charge in [-0.05, 0) is 12.1 Å². The van der Waals surface area contributed by atoms with Crippen LogP contribution in [-0.2, 0) is 18.9 Å². The number of carbonyl (C=O) groups is 1. The van der Waals surface area contributed by atoms with Crippen LogP contribution in [0.3, 0.4) is 0 Å². The van der Waals surface area contributed by atoms with Crippen LogP contribution in [0.4, 0.5) is 10.6 Å². The monoisotopic (exact) mass is 419 g/mol. The summed E-state index contributed by atoms with van der Waals surface area (Å²) in [6.07, 6.45) is -3.24. The van der Waals surface area contributed by atoms with Crippen molar-refractivity contribution in [1.29, 1.82) is 5.26 Å². The van der Waals surface area contributed by atoms with Crippen molar-refractivity contribution in [2.45, 2.75) is 42.9 Å². The summed E-state index contributed by atoms with van der Waals surface area (Å²) in [6, 6.07) is 5.03. The fourth-order valence-corrected chi connectivity index (χ4v) is 3.61. The summed E-state index contributed by atoms with van der Waals surface area (Å²) in [5.41, 5.74) is 4.66. The standard InChI is InChI=1S/C18H21N5O7/c19-7-18(8-28-17(26)29-10-3-5-27-6-4-10)15(25)13(24)14(30-18)11-1-2-12-16(20)21-9-22-23(11)12/h1-2,9-10,13-15,24-25H,3-6,8H2,(H2,20,21,22)/t13-,14-,15-,18+/m0/s1. The van der Waals surface area contributed by atoms with Gasteiger partial charge in [0.2, 0.25) is 5.60 Å². The molecule has 2 aromatic heterocycles. The molecule has 12 heteroatoms. The van der Waals surface area contributed by atoms with Crippen LogP contribution in [0, 0.1) is 11.3 Å². The normalized spacial score (nSPS) is 29.6. The Morgan fingerprint density at radius 3 is 2.90 bits per heavy atom. The van der Waals surface area contributed by atoms with Crippen LogP contribution in [0.25, 0.3) is 5.52 Å². The highest BCUT2D eigenvalue weighted by molar-refractivity contribution is 5.65. The number of nitrogen functional groups attached to an aromatic ring is 1. The van der Waals surface area contributed by atoms with Crippen LogP contribution in [0.2, 0.25) is 0 Å². The van der Waals surface area contributed by atoms with Gasteiger partial charge in [0.15, 0.2) is 5.82 Å². The number of nitriles is 1. The molecule has 2 aliphatic heterocycles. The molecule has 2 fully saturated rings. The van der Waals surface area contributed by atoms with Crippen molar-refractivity contribution in [2.24, 2.45) is 0 Å². The van der Waals surface area contributed by atoms with Gasteiger partial charge < -0.3 is 34.9 Å². The molecule has 0 saturated carbocycles. The second kappa shape index (κ2) is 8.04. The van der Waals surface area contributed by atoms with E-state index in [4.69, 9.17) is 24.7 Å². The smallest absolute Gasteiger partial charge is 0.431 e. The number of nitrogens with two attached hydrogens (primary N) is 1. The molecule has 0 unspecified atom stereocenters. The van der Waals surface area contributed by atoms with E-state index in [1.54, 1.807) is 12.1 Å². The van der Waals surface area contributed by atoms with Crippen LogP contribution in [0.15, 0.2) is 18.5 Å². The van der Waals surface area contributed by atoms with Crippen LogP contribution in [0.5, 0.6) is 0 Å². The zero-order valence-corrected chi connectivity index (χ0v) is 15.9. The Morgan fingerprint density at radius 2 is 2.17 bits per heavy atom. The van der Waals surface area contributed by atoms with Gasteiger partial charge in [-0.15, -0.1) is 0 Å². The zero-order chi connectivity index (χ0) is 21.3. The molecule has 30 heavy (non-hydrogen) atoms. The number of anilines is 1. The molecule has 0 aliphatic carbocycles. The number of hydrogen-bond donors (Lipinski definition) is 3. The van der Waals surface area contributed by atoms with E-state index in [-0.39, 0.29) is 11.9 Å². The van der Waals surface area contributed by atoms with Gasteiger partial charge in [-0.25, -0.2) is 14.3 Å². The van der Waals surface area contributed by atoms with Crippen molar-refractivity contribution in [3.63, 3.8) is 0 Å². The first-order valence-corrected chi connectivity index (χ1v) is 9.39. The highest BCUT2D eigenvalue weighted by Gasteiger charge is 2.57. The number of aliphatic hydroxyl groups is 2. The van der Waals surface area contributed by atoms with Gasteiger partial charge in [-0.3, -0.25) is 0 Å². The lowest BCUT2D eigenvalue weighted by molar-refractivity contribution is -0.0933. The number of hydrogen-bond acceptors (Lipinski definition) is 11. The molecule has 2 aliphatic rings. The molecule has 12 nitrogen and oxygen atoms in total. The van der Waals surface area contributed by atoms with Crippen molar-refractivity contribution >= 4 is 17.5 Å². The van der Waals surface area contributed by atoms with Gasteiger partial charge in [0.1, 0.15) is 48.9 Å². The van der Waals surface area contributed by atoms with E-state index in [9.17, 15) is 20.3 Å². The first kappa shape index (κ1) is 20.3. The molecule has 4 atom stereocenters. The minimum Gasteiger partial charge on any atom is -0.431 e. The number of ether oxygens (including phenoxy) is 4. The van der Waals surface area contributed by atoms with Gasteiger partial charge in [-0.2, -0.15) is 10.4 Å². The SMILES string of the molecule is N#C[C@]1(COC(=O)OC2CCOCC2)O[C@@H](c2ccc3c(N)ncnn23)[C@H](O)[C@@H]1O. The molecule has 0 radical (unpaired) electrons. The Bertz CT molecular complexity index is 969. The Morgan fingerprint density at radius 1 is 1.40 bits per heavy atom. The lowest BCUT2D eigenvalue weighted by Crippen LogP contribution is -2.46. The summed E-state index contributed by atoms with van der Waals surface area (Å²) in [4.78, 5) is 15.9. The molecule has 160 valence electrons. The van der Waals surface area contributed by atoms with Crippen molar-refractivity contribution < 1.29 is 34.0 Å². The molecule has 0 bridgehead atoms. The third-order valence-corrected chi connectivity index (χ3v) is 5.28. The van der Waals surface area contributed by atoms with Gasteiger partial charge in [0, 0.05) is 12.8 Å². The summed E-state index contributed by atoms with van der Waals surface area (Å²) in [6.45, 7) is 0.338. The zero-order valence-electron chi connectivity index (χ0n) is 15.9. The predicted octanol–water partition coefficient (Wildman–Crippen LogP) is -0.301. The quantitative estimate of drug-likeness (QED) is 0.555. The molecule has 0 amide bonds. The van der Waals surface area contributed by atoms with E-state index in [0.29, 0.717) is 37.3 Å². The van der Waals surface area contributed by atoms with E-state index >= 15 is 0 Å². The number of rotatable bonds is 4. The summed E-state index contributed by atoms with van der Waals surface area (Å²) < 4.78 is 22.5. The van der Waals surface area contributed by atoms with Crippen LogP contribution in [-0.4, -0.2) is 74.7 Å². The van der Waals surface area contributed by atoms with Crippen LogP contribution >= 0.6 is 0 Å². The van der Waals surface area contributed by atoms with Crippen molar-refractivity contribution in [3.8, 4) is 6.07 Å². The average molecular weight is 419 g/mol. The lowest BCUT2D eigenvalue weighted by Gasteiger charge is -2.25. The number of fused-ring (bicyclic) bond motifs is 1. The Labute approximate surface area is 170 Å². The molecule has 2 aromatic rings. The topological polar surface area (TPSA) is 174 Å². The first-order valence-electron chi connectivity index (χ1n) is 9.39. The molecule has 4 heterocycles. The maximum atomic E-state index is 12.0. The maximum absolute atomic E-state index is 12.0. The molecular formula is C18H21N5O7. The Hall–Kier alpha value is -2.98. The van der Waals surface area contributed by atoms with E-state index in [1.165, 1.54) is 10.8 Å². The predicted molar refractivity (Wildman–Crippen MR) is 97.9 cm³/mol. The molecular weight excluding hydrogens is 398 g/mol. The Balaban J connectivity index is 1.49. The highest BCUT2D eigenvalue weighted by Crippen LogP contribution is 2.40. The summed E-state index contributed by atoms with van der Waals surface area (Å²) in [5, 5.41) is 34.8. The van der Waals surface area contributed by atoms with E-state index < -0.39 is 36.7 Å². The van der Waals surface area contributed by atoms with Crippen molar-refractivity contribution in [3.05, 3.63) is 24.2 Å². The first-order chi connectivity index (χ1) is 14.4. The molecule has 2 saturated heterocycles. The minimum atomic E-state index is -1.98. The maximum Gasteiger partial charge on any atom is 0.508 e. The summed E-state index contributed by atoms with van der Waals surface area (Å²) in [5.74, 6) is 0.218. The van der Waals surface area contributed by atoms with Crippen LogP contribution in [0.1, 0.15) is 24.6 Å². The number of nitrogens with zero attached hydrogens (tertiary/aromatic N) is 4. The van der Waals surface area contributed by atoms with E-state index in [1.807, 2.05) is 6.07 Å². The minimum absolute atomic E-state index is 0.218. The van der Waals surface area contributed by atoms with Gasteiger partial charge >= 0.3 is 6.16 Å². The molecule has 0 spiro atoms.